The SMILES string of the molecule is NCc1ccc(N2CCCN3CCCC3C2)cc1F. The summed E-state index contributed by atoms with van der Waals surface area (Å²) in [5.41, 5.74) is 7.12. The lowest BCUT2D eigenvalue weighted by atomic mass is 10.1. The third-order valence-corrected chi connectivity index (χ3v) is 4.43. The van der Waals surface area contributed by atoms with Crippen molar-refractivity contribution in [2.75, 3.05) is 31.1 Å². The molecule has 0 saturated carbocycles. The number of nitrogens with zero attached hydrogens (tertiary/aromatic N) is 2. The standard InChI is InChI=1S/C15H22FN3/c16-15-9-13(5-4-12(15)10-17)19-8-2-7-18-6-1-3-14(18)11-19/h4-5,9,14H,1-3,6-8,10-11,17H2. The van der Waals surface area contributed by atoms with Crippen molar-refractivity contribution in [3.05, 3.63) is 29.6 Å². The molecule has 104 valence electrons. The minimum Gasteiger partial charge on any atom is -0.370 e. The van der Waals surface area contributed by atoms with E-state index in [9.17, 15) is 4.39 Å². The predicted octanol–water partition coefficient (Wildman–Crippen LogP) is 1.96. The van der Waals surface area contributed by atoms with Gasteiger partial charge >= 0.3 is 0 Å². The zero-order chi connectivity index (χ0) is 13.2. The second-order valence-corrected chi connectivity index (χ2v) is 5.61. The smallest absolute Gasteiger partial charge is 0.129 e. The lowest BCUT2D eigenvalue weighted by Gasteiger charge is -2.27. The van der Waals surface area contributed by atoms with E-state index in [1.165, 1.54) is 25.9 Å². The van der Waals surface area contributed by atoms with Gasteiger partial charge in [-0.05, 0) is 37.9 Å². The topological polar surface area (TPSA) is 32.5 Å². The number of halogens is 1. The van der Waals surface area contributed by atoms with Crippen LogP contribution in [0, 0.1) is 5.82 Å². The molecule has 0 amide bonds. The first-order valence-corrected chi connectivity index (χ1v) is 7.25. The van der Waals surface area contributed by atoms with Crippen LogP contribution in [0.1, 0.15) is 24.8 Å². The Labute approximate surface area is 114 Å². The second-order valence-electron chi connectivity index (χ2n) is 5.61. The zero-order valence-corrected chi connectivity index (χ0v) is 11.3. The number of anilines is 1. The van der Waals surface area contributed by atoms with Gasteiger partial charge in [0.1, 0.15) is 5.82 Å². The largest absolute Gasteiger partial charge is 0.370 e. The number of rotatable bonds is 2. The van der Waals surface area contributed by atoms with Crippen LogP contribution in [-0.2, 0) is 6.54 Å². The number of benzene rings is 1. The predicted molar refractivity (Wildman–Crippen MR) is 75.7 cm³/mol. The molecule has 2 aliphatic heterocycles. The molecule has 1 aromatic carbocycles. The van der Waals surface area contributed by atoms with Gasteiger partial charge in [-0.3, -0.25) is 4.90 Å². The molecule has 1 unspecified atom stereocenters. The van der Waals surface area contributed by atoms with Gasteiger partial charge in [0.2, 0.25) is 0 Å². The fourth-order valence-electron chi connectivity index (χ4n) is 3.34. The average Bonchev–Trinajstić information content (AvgIpc) is 2.76. The molecule has 2 saturated heterocycles. The summed E-state index contributed by atoms with van der Waals surface area (Å²) in [7, 11) is 0. The van der Waals surface area contributed by atoms with Crippen molar-refractivity contribution in [2.45, 2.75) is 31.8 Å². The van der Waals surface area contributed by atoms with Gasteiger partial charge in [0.15, 0.2) is 0 Å². The Morgan fingerprint density at radius 3 is 2.84 bits per heavy atom. The first kappa shape index (κ1) is 12.9. The van der Waals surface area contributed by atoms with E-state index in [0.717, 1.165) is 25.2 Å². The number of hydrogen-bond acceptors (Lipinski definition) is 3. The fourth-order valence-corrected chi connectivity index (χ4v) is 3.34. The van der Waals surface area contributed by atoms with Gasteiger partial charge in [-0.1, -0.05) is 6.07 Å². The van der Waals surface area contributed by atoms with E-state index in [4.69, 9.17) is 5.73 Å². The normalized spacial score (nSPS) is 24.3. The van der Waals surface area contributed by atoms with E-state index >= 15 is 0 Å². The van der Waals surface area contributed by atoms with E-state index in [1.807, 2.05) is 12.1 Å². The minimum atomic E-state index is -0.174. The van der Waals surface area contributed by atoms with Gasteiger partial charge in [0, 0.05) is 43.5 Å². The van der Waals surface area contributed by atoms with Crippen LogP contribution in [0.4, 0.5) is 10.1 Å². The van der Waals surface area contributed by atoms with Crippen molar-refractivity contribution in [1.82, 2.24) is 4.90 Å². The van der Waals surface area contributed by atoms with Gasteiger partial charge in [0.25, 0.3) is 0 Å². The van der Waals surface area contributed by atoms with Crippen molar-refractivity contribution in [1.29, 1.82) is 0 Å². The van der Waals surface area contributed by atoms with E-state index in [1.54, 1.807) is 6.07 Å². The van der Waals surface area contributed by atoms with Crippen LogP contribution in [0.5, 0.6) is 0 Å². The highest BCUT2D eigenvalue weighted by atomic mass is 19.1. The van der Waals surface area contributed by atoms with Gasteiger partial charge < -0.3 is 10.6 Å². The quantitative estimate of drug-likeness (QED) is 0.885. The van der Waals surface area contributed by atoms with Crippen LogP contribution in [0.15, 0.2) is 18.2 Å². The molecule has 1 aromatic rings. The van der Waals surface area contributed by atoms with Crippen LogP contribution < -0.4 is 10.6 Å². The molecular weight excluding hydrogens is 241 g/mol. The Kier molecular flexibility index (Phi) is 3.71. The monoisotopic (exact) mass is 263 g/mol. The van der Waals surface area contributed by atoms with Crippen molar-refractivity contribution in [3.8, 4) is 0 Å². The van der Waals surface area contributed by atoms with Crippen LogP contribution >= 0.6 is 0 Å². The Bertz CT molecular complexity index is 449. The van der Waals surface area contributed by atoms with Gasteiger partial charge in [-0.15, -0.1) is 0 Å². The lowest BCUT2D eigenvalue weighted by Crippen LogP contribution is -2.36. The van der Waals surface area contributed by atoms with Crippen LogP contribution in [-0.4, -0.2) is 37.1 Å². The molecule has 3 nitrogen and oxygen atoms in total. The fraction of sp³-hybridized carbons (Fsp3) is 0.600. The van der Waals surface area contributed by atoms with Crippen LogP contribution in [0.3, 0.4) is 0 Å². The van der Waals surface area contributed by atoms with Gasteiger partial charge in [-0.2, -0.15) is 0 Å². The maximum atomic E-state index is 13.9. The molecular formula is C15H22FN3. The third kappa shape index (κ3) is 2.60. The summed E-state index contributed by atoms with van der Waals surface area (Å²) >= 11 is 0. The van der Waals surface area contributed by atoms with Crippen molar-refractivity contribution in [3.63, 3.8) is 0 Å². The summed E-state index contributed by atoms with van der Waals surface area (Å²) in [5, 5.41) is 0. The Morgan fingerprint density at radius 2 is 2.05 bits per heavy atom. The summed E-state index contributed by atoms with van der Waals surface area (Å²) in [6.07, 6.45) is 3.75. The second kappa shape index (κ2) is 5.47. The minimum absolute atomic E-state index is 0.174. The molecule has 1 atom stereocenters. The molecule has 2 aliphatic rings. The Balaban J connectivity index is 1.79. The number of hydrogen-bond donors (Lipinski definition) is 1. The third-order valence-electron chi connectivity index (χ3n) is 4.43. The molecule has 0 radical (unpaired) electrons. The van der Waals surface area contributed by atoms with Gasteiger partial charge in [-0.25, -0.2) is 4.39 Å². The molecule has 0 spiro atoms. The summed E-state index contributed by atoms with van der Waals surface area (Å²) in [4.78, 5) is 4.92. The molecule has 2 N–H and O–H groups in total. The van der Waals surface area contributed by atoms with E-state index in [-0.39, 0.29) is 12.4 Å². The van der Waals surface area contributed by atoms with E-state index in [0.29, 0.717) is 11.6 Å². The highest BCUT2D eigenvalue weighted by Gasteiger charge is 2.28. The van der Waals surface area contributed by atoms with Crippen molar-refractivity contribution >= 4 is 5.69 Å². The summed E-state index contributed by atoms with van der Waals surface area (Å²) in [6.45, 7) is 4.74. The zero-order valence-electron chi connectivity index (χ0n) is 11.3. The number of nitrogens with two attached hydrogens (primary N) is 1. The van der Waals surface area contributed by atoms with E-state index in [2.05, 4.69) is 9.80 Å². The summed E-state index contributed by atoms with van der Waals surface area (Å²) in [6, 6.07) is 6.13. The Morgan fingerprint density at radius 1 is 1.21 bits per heavy atom. The highest BCUT2D eigenvalue weighted by molar-refractivity contribution is 5.48. The highest BCUT2D eigenvalue weighted by Crippen LogP contribution is 2.26. The van der Waals surface area contributed by atoms with Crippen molar-refractivity contribution < 1.29 is 4.39 Å². The maximum absolute atomic E-state index is 13.9. The molecule has 2 heterocycles. The molecule has 0 aromatic heterocycles. The van der Waals surface area contributed by atoms with Gasteiger partial charge in [0.05, 0.1) is 0 Å². The summed E-state index contributed by atoms with van der Waals surface area (Å²) < 4.78 is 13.9. The first-order chi connectivity index (χ1) is 9.28. The lowest BCUT2D eigenvalue weighted by molar-refractivity contribution is 0.273. The number of fused-ring (bicyclic) bond motifs is 1. The molecule has 4 heteroatoms. The first-order valence-electron chi connectivity index (χ1n) is 7.25. The molecule has 3 rings (SSSR count). The molecule has 19 heavy (non-hydrogen) atoms. The Hall–Kier alpha value is -1.13. The molecule has 0 bridgehead atoms. The van der Waals surface area contributed by atoms with Crippen LogP contribution in [0.25, 0.3) is 0 Å². The molecule has 0 aliphatic carbocycles. The average molecular weight is 263 g/mol. The molecule has 2 fully saturated rings. The van der Waals surface area contributed by atoms with E-state index < -0.39 is 0 Å². The van der Waals surface area contributed by atoms with Crippen molar-refractivity contribution in [2.24, 2.45) is 5.73 Å². The van der Waals surface area contributed by atoms with Crippen LogP contribution in [0.2, 0.25) is 0 Å². The maximum Gasteiger partial charge on any atom is 0.129 e. The summed E-state index contributed by atoms with van der Waals surface area (Å²) in [5.74, 6) is -0.174.